The van der Waals surface area contributed by atoms with Gasteiger partial charge in [-0.25, -0.2) is 8.42 Å². The van der Waals surface area contributed by atoms with Crippen LogP contribution in [0.15, 0.2) is 83.8 Å². The van der Waals surface area contributed by atoms with Gasteiger partial charge in [0.25, 0.3) is 10.0 Å². The number of hydrogen-bond donors (Lipinski definition) is 1. The molecule has 1 amide bonds. The minimum absolute atomic E-state index is 0.0850. The molecule has 0 aliphatic carbocycles. The number of carbonyl (C=O) groups is 1. The molecule has 32 heavy (non-hydrogen) atoms. The first kappa shape index (κ1) is 23.3. The van der Waals surface area contributed by atoms with E-state index in [4.69, 9.17) is 4.74 Å². The Balaban J connectivity index is 1.90. The van der Waals surface area contributed by atoms with Crippen molar-refractivity contribution in [2.45, 2.75) is 31.2 Å². The molecule has 3 aromatic carbocycles. The quantitative estimate of drug-likeness (QED) is 0.520. The summed E-state index contributed by atoms with van der Waals surface area (Å²) in [6, 6.07) is 22.6. The van der Waals surface area contributed by atoms with Crippen molar-refractivity contribution in [3.63, 3.8) is 0 Å². The number of ether oxygens (including phenoxy) is 1. The maximum absolute atomic E-state index is 13.5. The zero-order chi connectivity index (χ0) is 23.1. The molecule has 0 heterocycles. The summed E-state index contributed by atoms with van der Waals surface area (Å²) in [5.41, 5.74) is 2.40. The zero-order valence-corrected chi connectivity index (χ0v) is 19.3. The first-order valence-corrected chi connectivity index (χ1v) is 11.9. The summed E-state index contributed by atoms with van der Waals surface area (Å²) in [4.78, 5) is 13.1. The highest BCUT2D eigenvalue weighted by atomic mass is 32.2. The molecular formula is C25H28N2O4S. The van der Waals surface area contributed by atoms with Crippen LogP contribution < -0.4 is 14.4 Å². The Labute approximate surface area is 189 Å². The molecule has 0 radical (unpaired) electrons. The molecule has 3 aromatic rings. The fourth-order valence-electron chi connectivity index (χ4n) is 3.38. The summed E-state index contributed by atoms with van der Waals surface area (Å²) in [5.74, 6) is 0.176. The summed E-state index contributed by atoms with van der Waals surface area (Å²) < 4.78 is 33.2. The molecule has 6 nitrogen and oxygen atoms in total. The molecule has 168 valence electrons. The van der Waals surface area contributed by atoms with Crippen LogP contribution in [0.2, 0.25) is 0 Å². The third kappa shape index (κ3) is 5.48. The van der Waals surface area contributed by atoms with E-state index in [1.54, 1.807) is 24.3 Å². The summed E-state index contributed by atoms with van der Waals surface area (Å²) in [6.07, 6.45) is 0.686. The number of nitrogens with one attached hydrogen (secondary N) is 1. The number of aryl methyl sites for hydroxylation is 1. The summed E-state index contributed by atoms with van der Waals surface area (Å²) >= 11 is 0. The van der Waals surface area contributed by atoms with E-state index >= 15 is 0 Å². The number of amides is 1. The van der Waals surface area contributed by atoms with Crippen LogP contribution in [-0.4, -0.2) is 28.0 Å². The molecule has 0 saturated heterocycles. The van der Waals surface area contributed by atoms with Gasteiger partial charge in [0, 0.05) is 0 Å². The van der Waals surface area contributed by atoms with Gasteiger partial charge in [-0.05, 0) is 55.3 Å². The Bertz CT molecular complexity index is 1130. The second-order valence-electron chi connectivity index (χ2n) is 7.46. The second kappa shape index (κ2) is 10.3. The van der Waals surface area contributed by atoms with E-state index in [0.717, 1.165) is 15.4 Å². The molecule has 7 heteroatoms. The smallest absolute Gasteiger partial charge is 0.264 e. The molecule has 0 unspecified atom stereocenters. The topological polar surface area (TPSA) is 75.7 Å². The average Bonchev–Trinajstić information content (AvgIpc) is 2.82. The van der Waals surface area contributed by atoms with Gasteiger partial charge >= 0.3 is 0 Å². The number of nitrogens with zero attached hydrogens (tertiary/aromatic N) is 1. The van der Waals surface area contributed by atoms with E-state index < -0.39 is 10.0 Å². The van der Waals surface area contributed by atoms with E-state index in [0.29, 0.717) is 17.9 Å². The molecule has 1 atom stereocenters. The molecule has 3 rings (SSSR count). The normalized spacial score (nSPS) is 12.1. The number of methoxy groups -OCH3 is 1. The first-order chi connectivity index (χ1) is 15.3. The number of hydrogen-bond acceptors (Lipinski definition) is 4. The van der Waals surface area contributed by atoms with Crippen LogP contribution >= 0.6 is 0 Å². The fourth-order valence-corrected chi connectivity index (χ4v) is 4.80. The van der Waals surface area contributed by atoms with Gasteiger partial charge in [-0.3, -0.25) is 9.10 Å². The maximum atomic E-state index is 13.5. The number of benzene rings is 3. The Kier molecular flexibility index (Phi) is 7.53. The van der Waals surface area contributed by atoms with Crippen molar-refractivity contribution in [2.75, 3.05) is 18.0 Å². The number of sulfonamides is 1. The summed E-state index contributed by atoms with van der Waals surface area (Å²) in [7, 11) is -2.46. The Morgan fingerprint density at radius 2 is 1.59 bits per heavy atom. The third-order valence-electron chi connectivity index (χ3n) is 5.20. The van der Waals surface area contributed by atoms with Gasteiger partial charge in [0.1, 0.15) is 12.3 Å². The predicted molar refractivity (Wildman–Crippen MR) is 126 cm³/mol. The molecule has 0 fully saturated rings. The van der Waals surface area contributed by atoms with E-state index in [1.165, 1.54) is 19.2 Å². The molecule has 0 aliphatic heterocycles. The van der Waals surface area contributed by atoms with Crippen LogP contribution in [0.4, 0.5) is 5.69 Å². The molecule has 0 aromatic heterocycles. The van der Waals surface area contributed by atoms with Crippen molar-refractivity contribution >= 4 is 21.6 Å². The highest BCUT2D eigenvalue weighted by Crippen LogP contribution is 2.26. The van der Waals surface area contributed by atoms with E-state index in [9.17, 15) is 13.2 Å². The lowest BCUT2D eigenvalue weighted by atomic mass is 10.0. The van der Waals surface area contributed by atoms with Crippen LogP contribution in [0.25, 0.3) is 0 Å². The van der Waals surface area contributed by atoms with Crippen molar-refractivity contribution in [1.82, 2.24) is 5.32 Å². The minimum Gasteiger partial charge on any atom is -0.497 e. The van der Waals surface area contributed by atoms with Crippen LogP contribution in [0, 0.1) is 6.92 Å². The van der Waals surface area contributed by atoms with Gasteiger partial charge in [0.05, 0.1) is 23.7 Å². The van der Waals surface area contributed by atoms with Gasteiger partial charge in [-0.2, -0.15) is 0 Å². The minimum atomic E-state index is -3.98. The van der Waals surface area contributed by atoms with Crippen LogP contribution in [-0.2, 0) is 14.8 Å². The Hall–Kier alpha value is -3.32. The van der Waals surface area contributed by atoms with E-state index in [2.05, 4.69) is 5.32 Å². The van der Waals surface area contributed by atoms with Crippen LogP contribution in [0.3, 0.4) is 0 Å². The standard InChI is InChI=1S/C25H28N2O4S/c1-4-24(20-8-6-5-7-9-20)26-25(28)18-27(21-12-10-19(2)11-13-21)32(29,30)23-16-14-22(31-3)15-17-23/h5-17,24H,4,18H2,1-3H3,(H,26,28)/t24-/m1/s1. The lowest BCUT2D eigenvalue weighted by Gasteiger charge is -2.26. The lowest BCUT2D eigenvalue weighted by Crippen LogP contribution is -2.42. The lowest BCUT2D eigenvalue weighted by molar-refractivity contribution is -0.120. The van der Waals surface area contributed by atoms with Crippen molar-refractivity contribution in [1.29, 1.82) is 0 Å². The number of rotatable bonds is 9. The molecular weight excluding hydrogens is 424 g/mol. The van der Waals surface area contributed by atoms with E-state index in [-0.39, 0.29) is 23.4 Å². The highest BCUT2D eigenvalue weighted by molar-refractivity contribution is 7.92. The first-order valence-electron chi connectivity index (χ1n) is 10.4. The maximum Gasteiger partial charge on any atom is 0.264 e. The van der Waals surface area contributed by atoms with Crippen LogP contribution in [0.1, 0.15) is 30.5 Å². The molecule has 0 bridgehead atoms. The number of carbonyl (C=O) groups excluding carboxylic acids is 1. The Morgan fingerprint density at radius 1 is 0.969 bits per heavy atom. The second-order valence-corrected chi connectivity index (χ2v) is 9.32. The van der Waals surface area contributed by atoms with Crippen LogP contribution in [0.5, 0.6) is 5.75 Å². The van der Waals surface area contributed by atoms with Crippen molar-refractivity contribution < 1.29 is 17.9 Å². The summed E-state index contributed by atoms with van der Waals surface area (Å²) in [6.45, 7) is 3.56. The van der Waals surface area contributed by atoms with E-state index in [1.807, 2.05) is 56.3 Å². The largest absolute Gasteiger partial charge is 0.497 e. The van der Waals surface area contributed by atoms with Crippen molar-refractivity contribution in [2.24, 2.45) is 0 Å². The van der Waals surface area contributed by atoms with Gasteiger partial charge in [-0.1, -0.05) is 55.0 Å². The molecule has 0 spiro atoms. The molecule has 1 N–H and O–H groups in total. The van der Waals surface area contributed by atoms with Gasteiger partial charge in [0.15, 0.2) is 0 Å². The predicted octanol–water partition coefficient (Wildman–Crippen LogP) is 4.47. The average molecular weight is 453 g/mol. The highest BCUT2D eigenvalue weighted by Gasteiger charge is 2.28. The van der Waals surface area contributed by atoms with Crippen molar-refractivity contribution in [3.8, 4) is 5.75 Å². The SMILES string of the molecule is CC[C@@H](NC(=O)CN(c1ccc(C)cc1)S(=O)(=O)c1ccc(OC)cc1)c1ccccc1. The Morgan fingerprint density at radius 3 is 2.16 bits per heavy atom. The van der Waals surface area contributed by atoms with Gasteiger partial charge in [0.2, 0.25) is 5.91 Å². The van der Waals surface area contributed by atoms with Gasteiger partial charge in [-0.15, -0.1) is 0 Å². The van der Waals surface area contributed by atoms with Gasteiger partial charge < -0.3 is 10.1 Å². The van der Waals surface area contributed by atoms with Crippen molar-refractivity contribution in [3.05, 3.63) is 90.0 Å². The fraction of sp³-hybridized carbons (Fsp3) is 0.240. The third-order valence-corrected chi connectivity index (χ3v) is 6.99. The summed E-state index contributed by atoms with van der Waals surface area (Å²) in [5, 5.41) is 2.97. The zero-order valence-electron chi connectivity index (χ0n) is 18.5. The monoisotopic (exact) mass is 452 g/mol. The molecule has 0 saturated carbocycles. The number of anilines is 1. The molecule has 0 aliphatic rings.